The highest BCUT2D eigenvalue weighted by Crippen LogP contribution is 2.14. The van der Waals surface area contributed by atoms with Gasteiger partial charge in [-0.1, -0.05) is 32.0 Å². The van der Waals surface area contributed by atoms with Crippen molar-refractivity contribution in [3.63, 3.8) is 0 Å². The summed E-state index contributed by atoms with van der Waals surface area (Å²) in [5.74, 6) is 0.671. The normalized spacial score (nSPS) is 12.8. The monoisotopic (exact) mass is 220 g/mol. The zero-order chi connectivity index (χ0) is 12.0. The molecule has 90 valence electrons. The lowest BCUT2D eigenvalue weighted by atomic mass is 10.0. The van der Waals surface area contributed by atoms with Crippen molar-refractivity contribution >= 4 is 5.69 Å². The first kappa shape index (κ1) is 13.0. The molecule has 0 radical (unpaired) electrons. The van der Waals surface area contributed by atoms with Crippen molar-refractivity contribution in [3.8, 4) is 0 Å². The van der Waals surface area contributed by atoms with Crippen LogP contribution in [0.15, 0.2) is 30.3 Å². The Hall–Kier alpha value is -1.02. The molecule has 0 spiro atoms. The number of rotatable bonds is 6. The van der Waals surface area contributed by atoms with Crippen LogP contribution in [0.1, 0.15) is 27.2 Å². The van der Waals surface area contributed by atoms with Gasteiger partial charge < -0.3 is 10.6 Å². The molecule has 16 heavy (non-hydrogen) atoms. The van der Waals surface area contributed by atoms with Gasteiger partial charge in [0.25, 0.3) is 0 Å². The van der Waals surface area contributed by atoms with Gasteiger partial charge in [-0.3, -0.25) is 0 Å². The maximum atomic E-state index is 6.15. The van der Waals surface area contributed by atoms with Crippen molar-refractivity contribution in [2.24, 2.45) is 11.7 Å². The van der Waals surface area contributed by atoms with Gasteiger partial charge >= 0.3 is 0 Å². The number of hydrogen-bond acceptors (Lipinski definition) is 2. The first-order valence-electron chi connectivity index (χ1n) is 6.19. The maximum Gasteiger partial charge on any atom is 0.0366 e. The minimum atomic E-state index is 0.264. The van der Waals surface area contributed by atoms with Crippen LogP contribution in [0.4, 0.5) is 5.69 Å². The lowest BCUT2D eigenvalue weighted by Crippen LogP contribution is -2.38. The molecule has 0 bridgehead atoms. The van der Waals surface area contributed by atoms with Crippen LogP contribution in [0.2, 0.25) is 0 Å². The molecule has 0 aromatic heterocycles. The molecule has 1 atom stereocenters. The number of para-hydroxylation sites is 1. The summed E-state index contributed by atoms with van der Waals surface area (Å²) in [4.78, 5) is 2.34. The van der Waals surface area contributed by atoms with E-state index in [0.29, 0.717) is 5.92 Å². The van der Waals surface area contributed by atoms with Crippen LogP contribution in [-0.2, 0) is 0 Å². The van der Waals surface area contributed by atoms with E-state index in [0.717, 1.165) is 19.5 Å². The van der Waals surface area contributed by atoms with Crippen LogP contribution >= 0.6 is 0 Å². The first-order valence-corrected chi connectivity index (χ1v) is 6.19. The predicted molar refractivity (Wildman–Crippen MR) is 71.8 cm³/mol. The second kappa shape index (κ2) is 6.54. The lowest BCUT2D eigenvalue weighted by molar-refractivity contribution is 0.491. The third-order valence-corrected chi connectivity index (χ3v) is 2.73. The number of anilines is 1. The molecule has 0 saturated carbocycles. The van der Waals surface area contributed by atoms with Crippen LogP contribution in [0.5, 0.6) is 0 Å². The fourth-order valence-corrected chi connectivity index (χ4v) is 2.02. The molecule has 2 nitrogen and oxygen atoms in total. The van der Waals surface area contributed by atoms with Crippen molar-refractivity contribution in [1.82, 2.24) is 0 Å². The summed E-state index contributed by atoms with van der Waals surface area (Å²) in [6, 6.07) is 10.8. The Bertz CT molecular complexity index is 282. The Morgan fingerprint density at radius 2 is 1.81 bits per heavy atom. The van der Waals surface area contributed by atoms with Gasteiger partial charge in [-0.15, -0.1) is 0 Å². The van der Waals surface area contributed by atoms with Crippen LogP contribution < -0.4 is 10.6 Å². The SMILES string of the molecule is CCN(C[C@@H](N)CC(C)C)c1ccccc1. The van der Waals surface area contributed by atoms with E-state index in [1.54, 1.807) is 0 Å². The molecule has 0 aliphatic carbocycles. The van der Waals surface area contributed by atoms with Gasteiger partial charge in [0, 0.05) is 24.8 Å². The summed E-state index contributed by atoms with van der Waals surface area (Å²) in [5, 5.41) is 0. The average molecular weight is 220 g/mol. The van der Waals surface area contributed by atoms with Gasteiger partial charge in [0.15, 0.2) is 0 Å². The van der Waals surface area contributed by atoms with Crippen molar-refractivity contribution in [2.75, 3.05) is 18.0 Å². The van der Waals surface area contributed by atoms with E-state index in [9.17, 15) is 0 Å². The van der Waals surface area contributed by atoms with Gasteiger partial charge in [-0.25, -0.2) is 0 Å². The van der Waals surface area contributed by atoms with Crippen LogP contribution in [0.3, 0.4) is 0 Å². The fourth-order valence-electron chi connectivity index (χ4n) is 2.02. The number of nitrogens with zero attached hydrogens (tertiary/aromatic N) is 1. The third kappa shape index (κ3) is 4.23. The molecule has 1 aromatic carbocycles. The summed E-state index contributed by atoms with van der Waals surface area (Å²) in [6.07, 6.45) is 1.09. The molecular formula is C14H24N2. The predicted octanol–water partition coefficient (Wildman–Crippen LogP) is 2.89. The van der Waals surface area contributed by atoms with Crippen LogP contribution in [0, 0.1) is 5.92 Å². The highest BCUT2D eigenvalue weighted by atomic mass is 15.1. The number of nitrogens with two attached hydrogens (primary N) is 1. The van der Waals surface area contributed by atoms with Crippen molar-refractivity contribution < 1.29 is 0 Å². The van der Waals surface area contributed by atoms with Gasteiger partial charge in [0.2, 0.25) is 0 Å². The number of likely N-dealkylation sites (N-methyl/N-ethyl adjacent to an activating group) is 1. The number of benzene rings is 1. The smallest absolute Gasteiger partial charge is 0.0366 e. The highest BCUT2D eigenvalue weighted by molar-refractivity contribution is 5.45. The van der Waals surface area contributed by atoms with Gasteiger partial charge in [0.05, 0.1) is 0 Å². The molecular weight excluding hydrogens is 196 g/mol. The second-order valence-electron chi connectivity index (χ2n) is 4.76. The molecule has 0 amide bonds. The highest BCUT2D eigenvalue weighted by Gasteiger charge is 2.10. The molecule has 0 aliphatic rings. The van der Waals surface area contributed by atoms with Gasteiger partial charge in [-0.05, 0) is 31.4 Å². The zero-order valence-electron chi connectivity index (χ0n) is 10.7. The quantitative estimate of drug-likeness (QED) is 0.798. The summed E-state index contributed by atoms with van der Waals surface area (Å²) in [5.41, 5.74) is 7.41. The summed E-state index contributed by atoms with van der Waals surface area (Å²) < 4.78 is 0. The largest absolute Gasteiger partial charge is 0.370 e. The second-order valence-corrected chi connectivity index (χ2v) is 4.76. The van der Waals surface area contributed by atoms with Crippen LogP contribution in [-0.4, -0.2) is 19.1 Å². The van der Waals surface area contributed by atoms with E-state index in [-0.39, 0.29) is 6.04 Å². The molecule has 1 aromatic rings. The van der Waals surface area contributed by atoms with Crippen molar-refractivity contribution in [1.29, 1.82) is 0 Å². The zero-order valence-corrected chi connectivity index (χ0v) is 10.7. The average Bonchev–Trinajstić information content (AvgIpc) is 2.26. The summed E-state index contributed by atoms with van der Waals surface area (Å²) in [6.45, 7) is 8.57. The molecule has 2 heteroatoms. The van der Waals surface area contributed by atoms with E-state index < -0.39 is 0 Å². The Morgan fingerprint density at radius 1 is 1.19 bits per heavy atom. The maximum absolute atomic E-state index is 6.15. The van der Waals surface area contributed by atoms with E-state index in [2.05, 4.69) is 49.9 Å². The Morgan fingerprint density at radius 3 is 2.31 bits per heavy atom. The molecule has 0 saturated heterocycles. The van der Waals surface area contributed by atoms with Crippen LogP contribution in [0.25, 0.3) is 0 Å². The Kier molecular flexibility index (Phi) is 5.33. The number of hydrogen-bond donors (Lipinski definition) is 1. The molecule has 2 N–H and O–H groups in total. The Balaban J connectivity index is 2.56. The summed E-state index contributed by atoms with van der Waals surface area (Å²) in [7, 11) is 0. The standard InChI is InChI=1S/C14H24N2/c1-4-16(11-13(15)10-12(2)3)14-8-6-5-7-9-14/h5-9,12-13H,4,10-11,15H2,1-3H3/t13-/m0/s1. The molecule has 0 fully saturated rings. The molecule has 0 heterocycles. The van der Waals surface area contributed by atoms with Gasteiger partial charge in [0.1, 0.15) is 0 Å². The third-order valence-electron chi connectivity index (χ3n) is 2.73. The minimum Gasteiger partial charge on any atom is -0.370 e. The summed E-state index contributed by atoms with van der Waals surface area (Å²) >= 11 is 0. The minimum absolute atomic E-state index is 0.264. The van der Waals surface area contributed by atoms with E-state index in [4.69, 9.17) is 5.73 Å². The molecule has 0 aliphatic heterocycles. The van der Waals surface area contributed by atoms with E-state index >= 15 is 0 Å². The fraction of sp³-hybridized carbons (Fsp3) is 0.571. The molecule has 1 rings (SSSR count). The van der Waals surface area contributed by atoms with E-state index in [1.165, 1.54) is 5.69 Å². The van der Waals surface area contributed by atoms with Gasteiger partial charge in [-0.2, -0.15) is 0 Å². The van der Waals surface area contributed by atoms with E-state index in [1.807, 2.05) is 6.07 Å². The van der Waals surface area contributed by atoms with Crippen molar-refractivity contribution in [2.45, 2.75) is 33.2 Å². The first-order chi connectivity index (χ1) is 7.63. The van der Waals surface area contributed by atoms with Crippen molar-refractivity contribution in [3.05, 3.63) is 30.3 Å². The lowest BCUT2D eigenvalue weighted by Gasteiger charge is -2.27. The Labute approximate surface area is 99.5 Å². The molecule has 0 unspecified atom stereocenters. The topological polar surface area (TPSA) is 29.3 Å².